The number of fused-ring (bicyclic) bond motifs is 1. The van der Waals surface area contributed by atoms with Crippen LogP contribution in [0.25, 0.3) is 10.8 Å². The minimum atomic E-state index is -4.03. The van der Waals surface area contributed by atoms with E-state index in [2.05, 4.69) is 20.8 Å². The maximum absolute atomic E-state index is 13.8. The third-order valence-electron chi connectivity index (χ3n) is 5.11. The van der Waals surface area contributed by atoms with Crippen molar-refractivity contribution >= 4 is 18.6 Å². The van der Waals surface area contributed by atoms with Crippen molar-refractivity contribution in [1.29, 1.82) is 0 Å². The predicted octanol–water partition coefficient (Wildman–Crippen LogP) is 8.09. The zero-order valence-electron chi connectivity index (χ0n) is 18.7. The standard InChI is InChI=1S/C27H27O4P/c1-20-9-14-24(15-10-20)29-32(28,30-25-17-12-23(13-18-25)27(2,3)4)31-26-16-11-21-7-5-6-8-22(21)19-26/h5-19H,1-4H3. The molecule has 1 atom stereocenters. The van der Waals surface area contributed by atoms with Gasteiger partial charge in [0.25, 0.3) is 0 Å². The quantitative estimate of drug-likeness (QED) is 0.281. The Morgan fingerprint density at radius 2 is 1.12 bits per heavy atom. The summed E-state index contributed by atoms with van der Waals surface area (Å²) in [6.07, 6.45) is 0. The highest BCUT2D eigenvalue weighted by Gasteiger charge is 2.33. The first kappa shape index (κ1) is 22.0. The van der Waals surface area contributed by atoms with E-state index in [1.807, 2.05) is 67.6 Å². The molecule has 1 unspecified atom stereocenters. The average molecular weight is 446 g/mol. The van der Waals surface area contributed by atoms with E-state index in [1.54, 1.807) is 30.3 Å². The molecule has 0 N–H and O–H groups in total. The molecule has 5 heteroatoms. The first-order valence-corrected chi connectivity index (χ1v) is 12.0. The lowest BCUT2D eigenvalue weighted by molar-refractivity contribution is 0.298. The Morgan fingerprint density at radius 3 is 1.72 bits per heavy atom. The minimum Gasteiger partial charge on any atom is -0.386 e. The topological polar surface area (TPSA) is 44.8 Å². The molecule has 0 amide bonds. The second-order valence-corrected chi connectivity index (χ2v) is 10.3. The smallest absolute Gasteiger partial charge is 0.386 e. The van der Waals surface area contributed by atoms with Crippen molar-refractivity contribution in [3.05, 3.63) is 102 Å². The van der Waals surface area contributed by atoms with Crippen LogP contribution in [0.5, 0.6) is 17.2 Å². The van der Waals surface area contributed by atoms with Gasteiger partial charge in [-0.15, -0.1) is 0 Å². The predicted molar refractivity (Wildman–Crippen MR) is 130 cm³/mol. The Hall–Kier alpha value is -3.23. The number of phosphoric acid groups is 1. The zero-order valence-corrected chi connectivity index (χ0v) is 19.6. The third-order valence-corrected chi connectivity index (χ3v) is 6.42. The summed E-state index contributed by atoms with van der Waals surface area (Å²) in [5.74, 6) is 1.23. The lowest BCUT2D eigenvalue weighted by Gasteiger charge is -2.21. The molecular formula is C27H27O4P. The zero-order chi connectivity index (χ0) is 22.8. The van der Waals surface area contributed by atoms with Gasteiger partial charge in [0.1, 0.15) is 17.2 Å². The molecule has 0 aliphatic rings. The van der Waals surface area contributed by atoms with E-state index >= 15 is 0 Å². The Bertz CT molecular complexity index is 1260. The summed E-state index contributed by atoms with van der Waals surface area (Å²) < 4.78 is 31.2. The molecule has 0 aliphatic heterocycles. The third kappa shape index (κ3) is 5.33. The van der Waals surface area contributed by atoms with Crippen molar-refractivity contribution in [2.24, 2.45) is 0 Å². The second kappa shape index (κ2) is 8.72. The molecule has 0 bridgehead atoms. The van der Waals surface area contributed by atoms with Gasteiger partial charge in [-0.3, -0.25) is 0 Å². The molecular weight excluding hydrogens is 419 g/mol. The summed E-state index contributed by atoms with van der Waals surface area (Å²) in [6, 6.07) is 28.2. The van der Waals surface area contributed by atoms with E-state index < -0.39 is 7.82 Å². The summed E-state index contributed by atoms with van der Waals surface area (Å²) in [5, 5.41) is 2.04. The molecule has 0 saturated carbocycles. The molecule has 0 heterocycles. The molecule has 4 rings (SSSR count). The van der Waals surface area contributed by atoms with Gasteiger partial charge in [-0.25, -0.2) is 0 Å². The maximum atomic E-state index is 13.8. The van der Waals surface area contributed by atoms with Crippen LogP contribution in [-0.4, -0.2) is 0 Å². The highest BCUT2D eigenvalue weighted by molar-refractivity contribution is 7.49. The van der Waals surface area contributed by atoms with Crippen LogP contribution in [0.1, 0.15) is 31.9 Å². The van der Waals surface area contributed by atoms with Gasteiger partial charge in [-0.2, -0.15) is 4.57 Å². The van der Waals surface area contributed by atoms with Crippen LogP contribution in [0, 0.1) is 6.92 Å². The Morgan fingerprint density at radius 1 is 0.625 bits per heavy atom. The van der Waals surface area contributed by atoms with Gasteiger partial charge in [0.2, 0.25) is 0 Å². The number of benzene rings is 4. The average Bonchev–Trinajstić information content (AvgIpc) is 2.75. The molecule has 0 aliphatic carbocycles. The fourth-order valence-corrected chi connectivity index (χ4v) is 4.53. The second-order valence-electron chi connectivity index (χ2n) is 8.82. The SMILES string of the molecule is Cc1ccc(OP(=O)(Oc2ccc(C(C)(C)C)cc2)Oc2ccc3ccccc3c2)cc1. The van der Waals surface area contributed by atoms with Gasteiger partial charge in [0.05, 0.1) is 0 Å². The first-order chi connectivity index (χ1) is 15.2. The van der Waals surface area contributed by atoms with Crippen molar-refractivity contribution in [3.63, 3.8) is 0 Å². The molecule has 0 radical (unpaired) electrons. The van der Waals surface area contributed by atoms with Crippen molar-refractivity contribution in [1.82, 2.24) is 0 Å². The largest absolute Gasteiger partial charge is 0.647 e. The molecule has 0 spiro atoms. The molecule has 4 aromatic carbocycles. The summed E-state index contributed by atoms with van der Waals surface area (Å²) in [6.45, 7) is 8.38. The van der Waals surface area contributed by atoms with Crippen molar-refractivity contribution in [3.8, 4) is 17.2 Å². The van der Waals surface area contributed by atoms with Crippen molar-refractivity contribution in [2.45, 2.75) is 33.1 Å². The summed E-state index contributed by atoms with van der Waals surface area (Å²) in [7, 11) is -4.03. The molecule has 0 saturated heterocycles. The van der Waals surface area contributed by atoms with Crippen LogP contribution < -0.4 is 13.6 Å². The molecule has 164 valence electrons. The maximum Gasteiger partial charge on any atom is 0.647 e. The van der Waals surface area contributed by atoms with Gasteiger partial charge in [-0.05, 0) is 65.1 Å². The summed E-state index contributed by atoms with van der Waals surface area (Å²) in [4.78, 5) is 0. The number of aryl methyl sites for hydroxylation is 1. The van der Waals surface area contributed by atoms with Gasteiger partial charge in [-0.1, -0.05) is 80.9 Å². The van der Waals surface area contributed by atoms with Crippen LogP contribution in [0.4, 0.5) is 0 Å². The van der Waals surface area contributed by atoms with Crippen LogP contribution >= 0.6 is 7.82 Å². The Balaban J connectivity index is 1.65. The van der Waals surface area contributed by atoms with Crippen LogP contribution in [0.2, 0.25) is 0 Å². The van der Waals surface area contributed by atoms with Crippen LogP contribution in [0.15, 0.2) is 91.0 Å². The molecule has 4 aromatic rings. The Labute approximate surface area is 189 Å². The van der Waals surface area contributed by atoms with Crippen LogP contribution in [0.3, 0.4) is 0 Å². The monoisotopic (exact) mass is 446 g/mol. The highest BCUT2D eigenvalue weighted by atomic mass is 31.2. The first-order valence-electron chi connectivity index (χ1n) is 10.6. The number of rotatable bonds is 6. The van der Waals surface area contributed by atoms with E-state index in [1.165, 1.54) is 0 Å². The minimum absolute atomic E-state index is 0.00220. The summed E-state index contributed by atoms with van der Waals surface area (Å²) in [5.41, 5.74) is 2.22. The Kier molecular flexibility index (Phi) is 5.99. The number of hydrogen-bond acceptors (Lipinski definition) is 4. The lowest BCUT2D eigenvalue weighted by atomic mass is 9.87. The highest BCUT2D eigenvalue weighted by Crippen LogP contribution is 2.50. The van der Waals surface area contributed by atoms with E-state index in [-0.39, 0.29) is 5.41 Å². The summed E-state index contributed by atoms with van der Waals surface area (Å²) >= 11 is 0. The normalized spacial score (nSPS) is 13.4. The van der Waals surface area contributed by atoms with E-state index in [0.717, 1.165) is 21.9 Å². The van der Waals surface area contributed by atoms with Gasteiger partial charge < -0.3 is 13.6 Å². The van der Waals surface area contributed by atoms with Gasteiger partial charge in [0, 0.05) is 0 Å². The molecule has 0 fully saturated rings. The molecule has 32 heavy (non-hydrogen) atoms. The molecule has 0 aromatic heterocycles. The van der Waals surface area contributed by atoms with E-state index in [0.29, 0.717) is 17.2 Å². The van der Waals surface area contributed by atoms with Crippen molar-refractivity contribution in [2.75, 3.05) is 0 Å². The number of phosphoric ester groups is 1. The fraction of sp³-hybridized carbons (Fsp3) is 0.185. The van der Waals surface area contributed by atoms with E-state index in [4.69, 9.17) is 13.6 Å². The van der Waals surface area contributed by atoms with Gasteiger partial charge in [0.15, 0.2) is 0 Å². The number of hydrogen-bond donors (Lipinski definition) is 0. The molecule has 4 nitrogen and oxygen atoms in total. The lowest BCUT2D eigenvalue weighted by Crippen LogP contribution is -2.11. The van der Waals surface area contributed by atoms with Crippen molar-refractivity contribution < 1.29 is 18.1 Å². The fourth-order valence-electron chi connectivity index (χ4n) is 3.28. The van der Waals surface area contributed by atoms with Crippen LogP contribution in [-0.2, 0) is 9.98 Å². The van der Waals surface area contributed by atoms with Gasteiger partial charge >= 0.3 is 7.82 Å². The van der Waals surface area contributed by atoms with E-state index in [9.17, 15) is 4.57 Å².